The van der Waals surface area contributed by atoms with Crippen molar-refractivity contribution in [3.63, 3.8) is 0 Å². The van der Waals surface area contributed by atoms with E-state index in [0.717, 1.165) is 25.2 Å². The molecule has 1 aromatic carbocycles. The highest BCUT2D eigenvalue weighted by Crippen LogP contribution is 2.26. The molecule has 0 radical (unpaired) electrons. The van der Waals surface area contributed by atoms with Gasteiger partial charge in [-0.3, -0.25) is 0 Å². The number of hydrogen-bond acceptors (Lipinski definition) is 1. The molecule has 0 amide bonds. The van der Waals surface area contributed by atoms with Gasteiger partial charge in [-0.25, -0.2) is 0 Å². The Morgan fingerprint density at radius 2 is 2.38 bits per heavy atom. The summed E-state index contributed by atoms with van der Waals surface area (Å²) in [6.45, 7) is 6.79. The summed E-state index contributed by atoms with van der Waals surface area (Å²) < 4.78 is 5.49. The van der Waals surface area contributed by atoms with Gasteiger partial charge >= 0.3 is 0 Å². The van der Waals surface area contributed by atoms with Gasteiger partial charge < -0.3 is 4.74 Å². The van der Waals surface area contributed by atoms with Crippen LogP contribution >= 0.6 is 0 Å². The largest absolute Gasteiger partial charge is 0.493 e. The predicted octanol–water partition coefficient (Wildman–Crippen LogP) is 2.74. The molecule has 0 saturated heterocycles. The Morgan fingerprint density at radius 3 is 3.15 bits per heavy atom. The van der Waals surface area contributed by atoms with Crippen molar-refractivity contribution in [2.45, 2.75) is 19.8 Å². The first-order chi connectivity index (χ1) is 6.25. The Kier molecular flexibility index (Phi) is 2.09. The van der Waals surface area contributed by atoms with Crippen LogP contribution in [-0.4, -0.2) is 6.61 Å². The van der Waals surface area contributed by atoms with Gasteiger partial charge in [0.25, 0.3) is 0 Å². The maximum Gasteiger partial charge on any atom is 0.122 e. The van der Waals surface area contributed by atoms with Crippen molar-refractivity contribution >= 4 is 0 Å². The first-order valence-corrected chi connectivity index (χ1v) is 4.65. The molecule has 0 spiro atoms. The Hall–Kier alpha value is -1.24. The van der Waals surface area contributed by atoms with Gasteiger partial charge in [-0.05, 0) is 30.5 Å². The van der Waals surface area contributed by atoms with E-state index in [1.165, 1.54) is 16.7 Å². The molecule has 68 valence electrons. The molecule has 1 aliphatic rings. The molecule has 0 fully saturated rings. The minimum Gasteiger partial charge on any atom is -0.493 e. The van der Waals surface area contributed by atoms with Gasteiger partial charge in [-0.1, -0.05) is 24.3 Å². The average molecular weight is 174 g/mol. The predicted molar refractivity (Wildman–Crippen MR) is 54.2 cm³/mol. The van der Waals surface area contributed by atoms with E-state index in [1.807, 2.05) is 6.92 Å². The van der Waals surface area contributed by atoms with E-state index in [0.29, 0.717) is 0 Å². The summed E-state index contributed by atoms with van der Waals surface area (Å²) in [7, 11) is 0. The molecule has 0 bridgehead atoms. The van der Waals surface area contributed by atoms with E-state index in [-0.39, 0.29) is 0 Å². The van der Waals surface area contributed by atoms with Gasteiger partial charge in [-0.2, -0.15) is 0 Å². The van der Waals surface area contributed by atoms with E-state index >= 15 is 0 Å². The second kappa shape index (κ2) is 3.25. The minimum absolute atomic E-state index is 0.839. The smallest absolute Gasteiger partial charge is 0.122 e. The van der Waals surface area contributed by atoms with Crippen molar-refractivity contribution in [3.05, 3.63) is 41.5 Å². The third-order valence-corrected chi connectivity index (χ3v) is 2.27. The first kappa shape index (κ1) is 8.36. The monoisotopic (exact) mass is 174 g/mol. The number of benzene rings is 1. The van der Waals surface area contributed by atoms with Crippen LogP contribution in [0.25, 0.3) is 0 Å². The normalized spacial score (nSPS) is 13.6. The third-order valence-electron chi connectivity index (χ3n) is 2.27. The zero-order valence-corrected chi connectivity index (χ0v) is 7.97. The van der Waals surface area contributed by atoms with Crippen LogP contribution in [0.4, 0.5) is 0 Å². The molecular formula is C12H14O. The Bertz CT molecular complexity index is 339. The second-order valence-corrected chi connectivity index (χ2v) is 3.67. The summed E-state index contributed by atoms with van der Waals surface area (Å²) in [6.07, 6.45) is 2.01. The highest BCUT2D eigenvalue weighted by atomic mass is 16.5. The summed E-state index contributed by atoms with van der Waals surface area (Å²) in [4.78, 5) is 0. The SMILES string of the molecule is C=C(C)Cc1ccc2c(c1)OCC2. The zero-order chi connectivity index (χ0) is 9.26. The minimum atomic E-state index is 0.839. The van der Waals surface area contributed by atoms with Crippen LogP contribution in [0, 0.1) is 0 Å². The van der Waals surface area contributed by atoms with E-state index in [1.54, 1.807) is 0 Å². The molecule has 1 heterocycles. The summed E-state index contributed by atoms with van der Waals surface area (Å²) in [5, 5.41) is 0. The highest BCUT2D eigenvalue weighted by molar-refractivity contribution is 5.40. The van der Waals surface area contributed by atoms with Gasteiger partial charge in [0.1, 0.15) is 5.75 Å². The molecule has 1 heteroatoms. The van der Waals surface area contributed by atoms with Gasteiger partial charge in [0.05, 0.1) is 6.61 Å². The van der Waals surface area contributed by atoms with Gasteiger partial charge in [-0.15, -0.1) is 0 Å². The molecule has 13 heavy (non-hydrogen) atoms. The van der Waals surface area contributed by atoms with E-state index in [4.69, 9.17) is 4.74 Å². The number of hydrogen-bond donors (Lipinski definition) is 0. The lowest BCUT2D eigenvalue weighted by Crippen LogP contribution is -1.88. The summed E-state index contributed by atoms with van der Waals surface area (Å²) in [5.74, 6) is 1.07. The summed E-state index contributed by atoms with van der Waals surface area (Å²) in [6, 6.07) is 6.47. The van der Waals surface area contributed by atoms with Gasteiger partial charge in [0, 0.05) is 6.42 Å². The maximum atomic E-state index is 5.49. The van der Waals surface area contributed by atoms with Crippen molar-refractivity contribution in [2.75, 3.05) is 6.61 Å². The molecule has 0 N–H and O–H groups in total. The maximum absolute atomic E-state index is 5.49. The Morgan fingerprint density at radius 1 is 1.54 bits per heavy atom. The molecule has 0 unspecified atom stereocenters. The van der Waals surface area contributed by atoms with Crippen LogP contribution < -0.4 is 4.74 Å². The fourth-order valence-corrected chi connectivity index (χ4v) is 1.67. The lowest BCUT2D eigenvalue weighted by molar-refractivity contribution is 0.356. The molecular weight excluding hydrogens is 160 g/mol. The second-order valence-electron chi connectivity index (χ2n) is 3.67. The van der Waals surface area contributed by atoms with Crippen molar-refractivity contribution < 1.29 is 4.74 Å². The standard InChI is InChI=1S/C12H14O/c1-9(2)7-10-3-4-11-5-6-13-12(11)8-10/h3-4,8H,1,5-7H2,2H3. The van der Waals surface area contributed by atoms with Crippen molar-refractivity contribution in [3.8, 4) is 5.75 Å². The number of rotatable bonds is 2. The lowest BCUT2D eigenvalue weighted by Gasteiger charge is -2.03. The number of fused-ring (bicyclic) bond motifs is 1. The molecule has 0 saturated carbocycles. The van der Waals surface area contributed by atoms with Crippen molar-refractivity contribution in [1.29, 1.82) is 0 Å². The van der Waals surface area contributed by atoms with Crippen LogP contribution in [0.5, 0.6) is 5.75 Å². The fraction of sp³-hybridized carbons (Fsp3) is 0.333. The van der Waals surface area contributed by atoms with E-state index in [2.05, 4.69) is 24.8 Å². The molecule has 2 rings (SSSR count). The summed E-state index contributed by atoms with van der Waals surface area (Å²) in [5.41, 5.74) is 3.83. The Balaban J connectivity index is 2.25. The molecule has 0 aliphatic carbocycles. The number of allylic oxidation sites excluding steroid dienone is 1. The van der Waals surface area contributed by atoms with E-state index in [9.17, 15) is 0 Å². The molecule has 1 aliphatic heterocycles. The van der Waals surface area contributed by atoms with Crippen LogP contribution in [-0.2, 0) is 12.8 Å². The van der Waals surface area contributed by atoms with Gasteiger partial charge in [0.2, 0.25) is 0 Å². The molecule has 1 aromatic rings. The van der Waals surface area contributed by atoms with Crippen LogP contribution in [0.2, 0.25) is 0 Å². The zero-order valence-electron chi connectivity index (χ0n) is 7.97. The molecule has 0 aromatic heterocycles. The highest BCUT2D eigenvalue weighted by Gasteiger charge is 2.11. The van der Waals surface area contributed by atoms with E-state index < -0.39 is 0 Å². The lowest BCUT2D eigenvalue weighted by atomic mass is 10.0. The topological polar surface area (TPSA) is 9.23 Å². The quantitative estimate of drug-likeness (QED) is 0.626. The van der Waals surface area contributed by atoms with Crippen molar-refractivity contribution in [2.24, 2.45) is 0 Å². The molecule has 0 atom stereocenters. The van der Waals surface area contributed by atoms with Crippen LogP contribution in [0.15, 0.2) is 30.4 Å². The third kappa shape index (κ3) is 1.74. The van der Waals surface area contributed by atoms with Crippen LogP contribution in [0.3, 0.4) is 0 Å². The number of ether oxygens (including phenoxy) is 1. The average Bonchev–Trinajstić information content (AvgIpc) is 2.49. The molecule has 1 nitrogen and oxygen atoms in total. The van der Waals surface area contributed by atoms with Crippen LogP contribution in [0.1, 0.15) is 18.1 Å². The Labute approximate surface area is 79.0 Å². The fourth-order valence-electron chi connectivity index (χ4n) is 1.67. The first-order valence-electron chi connectivity index (χ1n) is 4.65. The van der Waals surface area contributed by atoms with Crippen molar-refractivity contribution in [1.82, 2.24) is 0 Å². The summed E-state index contributed by atoms with van der Waals surface area (Å²) >= 11 is 0. The van der Waals surface area contributed by atoms with Gasteiger partial charge in [0.15, 0.2) is 0 Å².